The minimum absolute atomic E-state index is 0.0983. The van der Waals surface area contributed by atoms with Crippen LogP contribution in [0.2, 0.25) is 0 Å². The van der Waals surface area contributed by atoms with E-state index in [1.807, 2.05) is 6.08 Å². The molecule has 1 fully saturated rings. The number of carbonyl (C=O) groups is 3. The number of amides is 3. The summed E-state index contributed by atoms with van der Waals surface area (Å²) in [5.74, 6) is 1.04. The van der Waals surface area contributed by atoms with E-state index in [4.69, 9.17) is 5.73 Å². The zero-order chi connectivity index (χ0) is 18.1. The lowest BCUT2D eigenvalue weighted by Gasteiger charge is -2.26. The second-order valence-corrected chi connectivity index (χ2v) is 5.77. The molecule has 0 bridgehead atoms. The molecule has 1 rings (SSSR count). The number of ether oxygens (including phenoxy) is 1. The van der Waals surface area contributed by atoms with Gasteiger partial charge in [-0.3, -0.25) is 9.59 Å². The van der Waals surface area contributed by atoms with Crippen molar-refractivity contribution in [1.29, 1.82) is 0 Å². The van der Waals surface area contributed by atoms with Gasteiger partial charge in [-0.05, 0) is 19.3 Å². The van der Waals surface area contributed by atoms with Gasteiger partial charge in [-0.1, -0.05) is 6.08 Å². The molecule has 1 radical (unpaired) electrons. The highest BCUT2D eigenvalue weighted by molar-refractivity contribution is 6.75. The van der Waals surface area contributed by atoms with Crippen LogP contribution in [-0.4, -0.2) is 79.4 Å². The number of rotatable bonds is 8. The Kier molecular flexibility index (Phi) is 8.32. The zero-order valence-corrected chi connectivity index (χ0v) is 14.2. The second kappa shape index (κ2) is 9.97. The van der Waals surface area contributed by atoms with Gasteiger partial charge in [-0.15, -0.1) is 5.98 Å². The summed E-state index contributed by atoms with van der Waals surface area (Å²) in [7, 11) is 4.34. The Morgan fingerprint density at radius 3 is 2.75 bits per heavy atom. The lowest BCUT2D eigenvalue weighted by atomic mass is 9.78. The van der Waals surface area contributed by atoms with Crippen molar-refractivity contribution < 1.29 is 24.2 Å². The van der Waals surface area contributed by atoms with Crippen molar-refractivity contribution in [3.05, 3.63) is 12.1 Å². The first-order chi connectivity index (χ1) is 11.4. The third-order valence-electron chi connectivity index (χ3n) is 3.91. The van der Waals surface area contributed by atoms with Crippen LogP contribution < -0.4 is 5.73 Å². The predicted molar refractivity (Wildman–Crippen MR) is 89.5 cm³/mol. The van der Waals surface area contributed by atoms with Gasteiger partial charge in [0.05, 0.1) is 13.2 Å². The van der Waals surface area contributed by atoms with E-state index in [9.17, 15) is 19.5 Å². The van der Waals surface area contributed by atoms with E-state index in [0.717, 1.165) is 19.3 Å². The lowest BCUT2D eigenvalue weighted by molar-refractivity contribution is -0.133. The van der Waals surface area contributed by atoms with Crippen LogP contribution in [0, 0.1) is 0 Å². The summed E-state index contributed by atoms with van der Waals surface area (Å²) < 4.78 is 4.47. The average Bonchev–Trinajstić information content (AvgIpc) is 2.94. The van der Waals surface area contributed by atoms with Crippen LogP contribution in [-0.2, 0) is 9.53 Å². The number of nitrogens with zero attached hydrogens (tertiary/aromatic N) is 2. The monoisotopic (exact) mass is 338 g/mol. The molecule has 0 saturated carbocycles. The van der Waals surface area contributed by atoms with Crippen molar-refractivity contribution in [3.63, 3.8) is 0 Å². The van der Waals surface area contributed by atoms with Crippen LogP contribution in [0.5, 0.6) is 0 Å². The number of aliphatic hydroxyl groups excluding tert-OH is 1. The second-order valence-electron chi connectivity index (χ2n) is 5.77. The summed E-state index contributed by atoms with van der Waals surface area (Å²) in [6, 6.07) is -1.37. The number of β-amino-alcohol motifs (C(OH)–C–C–N with tert-alkyl or cyclic N) is 1. The molecule has 0 aromatic heterocycles. The fourth-order valence-electron chi connectivity index (χ4n) is 2.58. The molecule has 1 aliphatic rings. The molecule has 9 heteroatoms. The maximum absolute atomic E-state index is 12.4. The molecule has 24 heavy (non-hydrogen) atoms. The Labute approximate surface area is 142 Å². The van der Waals surface area contributed by atoms with Crippen molar-refractivity contribution in [1.82, 2.24) is 9.80 Å². The molecular weight excluding hydrogens is 313 g/mol. The molecule has 8 nitrogen and oxygen atoms in total. The standard InChI is InChI=1S/C15H25BN3O5/c1-18(8-6-4-3-5-7-16-14(22)24-2)13(21)12-9-11(20)10-19(12)15(17)23/h5,7,11-12,20H,3-4,6,8-10H2,1-2H3,(H2,17,23)/b7-5-/t11-,12+/m1/s1. The number of likely N-dealkylation sites (tertiary alicyclic amines) is 1. The van der Waals surface area contributed by atoms with Crippen molar-refractivity contribution in [2.75, 3.05) is 27.2 Å². The highest BCUT2D eigenvalue weighted by atomic mass is 16.5. The van der Waals surface area contributed by atoms with E-state index in [1.165, 1.54) is 19.3 Å². The van der Waals surface area contributed by atoms with Gasteiger partial charge in [-0.25, -0.2) is 4.79 Å². The molecule has 1 heterocycles. The van der Waals surface area contributed by atoms with E-state index < -0.39 is 24.0 Å². The number of hydrogen-bond donors (Lipinski definition) is 2. The number of allylic oxidation sites excluding steroid dienone is 1. The van der Waals surface area contributed by atoms with Crippen LogP contribution in [0.1, 0.15) is 25.7 Å². The first-order valence-electron chi connectivity index (χ1n) is 7.93. The van der Waals surface area contributed by atoms with Gasteiger partial charge in [0, 0.05) is 26.6 Å². The van der Waals surface area contributed by atoms with Crippen LogP contribution >= 0.6 is 0 Å². The van der Waals surface area contributed by atoms with Crippen LogP contribution in [0.15, 0.2) is 12.1 Å². The Hall–Kier alpha value is -2.03. The third-order valence-corrected chi connectivity index (χ3v) is 3.91. The van der Waals surface area contributed by atoms with E-state index in [2.05, 4.69) is 4.74 Å². The molecule has 1 aliphatic heterocycles. The van der Waals surface area contributed by atoms with Crippen LogP contribution in [0.4, 0.5) is 9.59 Å². The van der Waals surface area contributed by atoms with E-state index in [1.54, 1.807) is 17.9 Å². The van der Waals surface area contributed by atoms with Crippen molar-refractivity contribution in [2.45, 2.75) is 37.8 Å². The van der Waals surface area contributed by atoms with Gasteiger partial charge in [0.15, 0.2) is 0 Å². The summed E-state index contributed by atoms with van der Waals surface area (Å²) in [6.45, 7) is 0.646. The first-order valence-corrected chi connectivity index (χ1v) is 7.93. The SMILES string of the molecule is COC(=O)[B]/C=C\CCCCN(C)C(=O)[C@@H]1C[C@@H](O)CN1C(N)=O. The number of carbonyl (C=O) groups excluding carboxylic acids is 3. The number of aliphatic hydroxyl groups is 1. The number of hydrogen-bond acceptors (Lipinski definition) is 5. The van der Waals surface area contributed by atoms with Gasteiger partial charge < -0.3 is 25.4 Å². The molecule has 0 aromatic carbocycles. The Morgan fingerprint density at radius 1 is 1.42 bits per heavy atom. The van der Waals surface area contributed by atoms with Crippen LogP contribution in [0.3, 0.4) is 0 Å². The molecule has 0 aromatic rings. The Bertz CT molecular complexity index is 486. The van der Waals surface area contributed by atoms with Crippen molar-refractivity contribution in [2.24, 2.45) is 5.73 Å². The molecule has 0 spiro atoms. The summed E-state index contributed by atoms with van der Waals surface area (Å²) >= 11 is 0. The largest absolute Gasteiger partial charge is 0.477 e. The minimum atomic E-state index is -0.712. The highest BCUT2D eigenvalue weighted by Gasteiger charge is 2.39. The van der Waals surface area contributed by atoms with Gasteiger partial charge in [0.2, 0.25) is 11.8 Å². The van der Waals surface area contributed by atoms with Crippen LogP contribution in [0.25, 0.3) is 0 Å². The number of nitrogens with two attached hydrogens (primary N) is 1. The normalized spacial score (nSPS) is 20.2. The molecule has 1 saturated heterocycles. The summed E-state index contributed by atoms with van der Waals surface area (Å²) in [6.07, 6.45) is 3.80. The average molecular weight is 338 g/mol. The fourth-order valence-corrected chi connectivity index (χ4v) is 2.58. The third kappa shape index (κ3) is 6.23. The highest BCUT2D eigenvalue weighted by Crippen LogP contribution is 2.19. The quantitative estimate of drug-likeness (QED) is 0.482. The van der Waals surface area contributed by atoms with E-state index in [-0.39, 0.29) is 18.9 Å². The zero-order valence-electron chi connectivity index (χ0n) is 14.2. The molecule has 3 N–H and O–H groups in total. The molecule has 0 aliphatic carbocycles. The summed E-state index contributed by atoms with van der Waals surface area (Å²) in [5, 5.41) is 9.64. The number of likely N-dealkylation sites (N-methyl/N-ethyl adjacent to an activating group) is 1. The topological polar surface area (TPSA) is 113 Å². The molecule has 3 amide bonds. The molecule has 133 valence electrons. The number of methoxy groups -OCH3 is 1. The number of unbranched alkanes of at least 4 members (excludes halogenated alkanes) is 2. The number of urea groups is 1. The van der Waals surface area contributed by atoms with Gasteiger partial charge in [0.1, 0.15) is 6.04 Å². The Morgan fingerprint density at radius 2 is 2.12 bits per heavy atom. The maximum Gasteiger partial charge on any atom is 0.315 e. The molecule has 0 unspecified atom stereocenters. The predicted octanol–water partition coefficient (Wildman–Crippen LogP) is 0.113. The Balaban J connectivity index is 2.29. The summed E-state index contributed by atoms with van der Waals surface area (Å²) in [5.41, 5.74) is 5.25. The minimum Gasteiger partial charge on any atom is -0.477 e. The van der Waals surface area contributed by atoms with Gasteiger partial charge >= 0.3 is 6.03 Å². The van der Waals surface area contributed by atoms with Gasteiger partial charge in [-0.2, -0.15) is 0 Å². The van der Waals surface area contributed by atoms with Crippen molar-refractivity contribution >= 4 is 25.1 Å². The molecular formula is C15H25BN3O5. The fraction of sp³-hybridized carbons (Fsp3) is 0.667. The number of primary amides is 1. The first kappa shape index (κ1) is 20.0. The lowest BCUT2D eigenvalue weighted by Crippen LogP contribution is -2.48. The van der Waals surface area contributed by atoms with Gasteiger partial charge in [0.25, 0.3) is 7.28 Å². The van der Waals surface area contributed by atoms with E-state index >= 15 is 0 Å². The summed E-state index contributed by atoms with van der Waals surface area (Å²) in [4.78, 5) is 37.3. The van der Waals surface area contributed by atoms with Crippen molar-refractivity contribution in [3.8, 4) is 0 Å². The van der Waals surface area contributed by atoms with E-state index in [0.29, 0.717) is 6.54 Å². The molecule has 2 atom stereocenters. The maximum atomic E-state index is 12.4. The smallest absolute Gasteiger partial charge is 0.315 e.